The van der Waals surface area contributed by atoms with Crippen molar-refractivity contribution in [3.8, 4) is 21.9 Å². The molecule has 2 aromatic rings. The van der Waals surface area contributed by atoms with E-state index in [2.05, 4.69) is 17.6 Å². The number of piperidine rings is 1. The highest BCUT2D eigenvalue weighted by Gasteiger charge is 2.27. The molecule has 7 heteroatoms. The van der Waals surface area contributed by atoms with E-state index in [0.29, 0.717) is 13.2 Å². The number of benzene rings is 1. The molecule has 1 saturated heterocycles. The van der Waals surface area contributed by atoms with Crippen LogP contribution in [0.5, 0.6) is 11.5 Å². The van der Waals surface area contributed by atoms with Crippen LogP contribution in [0.3, 0.4) is 0 Å². The summed E-state index contributed by atoms with van der Waals surface area (Å²) < 4.78 is 11.2. The minimum Gasteiger partial charge on any atom is -0.486 e. The number of thiophene rings is 1. The summed E-state index contributed by atoms with van der Waals surface area (Å²) in [4.78, 5) is 14.3. The maximum absolute atomic E-state index is 12.5. The van der Waals surface area contributed by atoms with Crippen LogP contribution in [0.4, 0.5) is 0 Å². The predicted molar refractivity (Wildman–Crippen MR) is 111 cm³/mol. The van der Waals surface area contributed by atoms with E-state index in [1.165, 1.54) is 11.3 Å². The molecular formula is C20H25ClN2O3S. The molecule has 0 radical (unpaired) electrons. The SMILES string of the molecule is CC1(CNC(=O)c2ccc(-c3ccc4c(c3)OCCO4)s2)CCNCC1.Cl. The van der Waals surface area contributed by atoms with Gasteiger partial charge in [0.15, 0.2) is 11.5 Å². The van der Waals surface area contributed by atoms with Crippen LogP contribution in [-0.2, 0) is 0 Å². The number of rotatable bonds is 4. The lowest BCUT2D eigenvalue weighted by Crippen LogP contribution is -2.42. The Morgan fingerprint density at radius 2 is 1.89 bits per heavy atom. The van der Waals surface area contributed by atoms with Crippen LogP contribution in [0.1, 0.15) is 29.4 Å². The van der Waals surface area contributed by atoms with Crippen LogP contribution >= 0.6 is 23.7 Å². The van der Waals surface area contributed by atoms with Crippen LogP contribution in [-0.4, -0.2) is 38.8 Å². The van der Waals surface area contributed by atoms with Crippen molar-refractivity contribution in [3.63, 3.8) is 0 Å². The summed E-state index contributed by atoms with van der Waals surface area (Å²) in [6.45, 7) is 6.20. The average Bonchev–Trinajstić information content (AvgIpc) is 3.17. The predicted octanol–water partition coefficient (Wildman–Crippen LogP) is 3.73. The molecule has 1 fully saturated rings. The number of nitrogens with one attached hydrogen (secondary N) is 2. The van der Waals surface area contributed by atoms with E-state index in [9.17, 15) is 4.79 Å². The zero-order valence-electron chi connectivity index (χ0n) is 15.4. The third-order valence-electron chi connectivity index (χ3n) is 5.14. The van der Waals surface area contributed by atoms with Gasteiger partial charge in [-0.15, -0.1) is 23.7 Å². The number of carbonyl (C=O) groups excluding carboxylic acids is 1. The van der Waals surface area contributed by atoms with Crippen LogP contribution < -0.4 is 20.1 Å². The molecule has 27 heavy (non-hydrogen) atoms. The van der Waals surface area contributed by atoms with Crippen molar-refractivity contribution in [2.45, 2.75) is 19.8 Å². The fourth-order valence-electron chi connectivity index (χ4n) is 3.40. The van der Waals surface area contributed by atoms with E-state index in [-0.39, 0.29) is 23.7 Å². The summed E-state index contributed by atoms with van der Waals surface area (Å²) in [5.41, 5.74) is 1.24. The Hall–Kier alpha value is -1.76. The van der Waals surface area contributed by atoms with Crippen molar-refractivity contribution in [2.75, 3.05) is 32.8 Å². The summed E-state index contributed by atoms with van der Waals surface area (Å²) in [6.07, 6.45) is 2.19. The molecule has 2 N–H and O–H groups in total. The molecule has 0 atom stereocenters. The third kappa shape index (κ3) is 4.57. The first-order valence-corrected chi connectivity index (χ1v) is 9.93. The fourth-order valence-corrected chi connectivity index (χ4v) is 4.32. The van der Waals surface area contributed by atoms with Gasteiger partial charge in [0, 0.05) is 11.4 Å². The topological polar surface area (TPSA) is 59.6 Å². The quantitative estimate of drug-likeness (QED) is 0.809. The molecule has 1 amide bonds. The number of carbonyl (C=O) groups is 1. The molecule has 1 aromatic heterocycles. The first-order valence-electron chi connectivity index (χ1n) is 9.12. The third-order valence-corrected chi connectivity index (χ3v) is 6.28. The number of fused-ring (bicyclic) bond motifs is 1. The number of ether oxygens (including phenoxy) is 2. The molecule has 0 aliphatic carbocycles. The van der Waals surface area contributed by atoms with Gasteiger partial charge in [-0.05, 0) is 67.2 Å². The molecule has 0 unspecified atom stereocenters. The summed E-state index contributed by atoms with van der Waals surface area (Å²) in [5.74, 6) is 1.57. The van der Waals surface area contributed by atoms with Crippen molar-refractivity contribution in [3.05, 3.63) is 35.2 Å². The molecule has 0 bridgehead atoms. The summed E-state index contributed by atoms with van der Waals surface area (Å²) in [6, 6.07) is 9.82. The number of hydrogen-bond acceptors (Lipinski definition) is 5. The molecule has 2 aliphatic heterocycles. The highest BCUT2D eigenvalue weighted by Crippen LogP contribution is 2.37. The highest BCUT2D eigenvalue weighted by molar-refractivity contribution is 7.17. The summed E-state index contributed by atoms with van der Waals surface area (Å²) in [5, 5.41) is 6.50. The van der Waals surface area contributed by atoms with Gasteiger partial charge in [-0.2, -0.15) is 0 Å². The molecule has 3 heterocycles. The number of hydrogen-bond donors (Lipinski definition) is 2. The van der Waals surface area contributed by atoms with E-state index in [4.69, 9.17) is 9.47 Å². The Kier molecular flexibility index (Phi) is 6.29. The van der Waals surface area contributed by atoms with Crippen LogP contribution in [0, 0.1) is 5.41 Å². The molecule has 2 aliphatic rings. The summed E-state index contributed by atoms with van der Waals surface area (Å²) in [7, 11) is 0. The molecule has 0 spiro atoms. The van der Waals surface area contributed by atoms with Gasteiger partial charge in [0.25, 0.3) is 5.91 Å². The van der Waals surface area contributed by atoms with Crippen molar-refractivity contribution < 1.29 is 14.3 Å². The molecular weight excluding hydrogens is 384 g/mol. The van der Waals surface area contributed by atoms with Crippen LogP contribution in [0.25, 0.3) is 10.4 Å². The summed E-state index contributed by atoms with van der Waals surface area (Å²) >= 11 is 1.51. The molecule has 5 nitrogen and oxygen atoms in total. The van der Waals surface area contributed by atoms with Gasteiger partial charge in [0.2, 0.25) is 0 Å². The molecule has 4 rings (SSSR count). The van der Waals surface area contributed by atoms with Crippen molar-refractivity contribution in [2.24, 2.45) is 5.41 Å². The maximum atomic E-state index is 12.5. The lowest BCUT2D eigenvalue weighted by atomic mass is 9.81. The van der Waals surface area contributed by atoms with E-state index < -0.39 is 0 Å². The van der Waals surface area contributed by atoms with Gasteiger partial charge in [0.05, 0.1) is 4.88 Å². The van der Waals surface area contributed by atoms with Gasteiger partial charge >= 0.3 is 0 Å². The lowest BCUT2D eigenvalue weighted by molar-refractivity contribution is 0.0926. The molecule has 146 valence electrons. The van der Waals surface area contributed by atoms with Gasteiger partial charge in [0.1, 0.15) is 13.2 Å². The van der Waals surface area contributed by atoms with E-state index in [1.807, 2.05) is 30.3 Å². The first-order chi connectivity index (χ1) is 12.6. The molecule has 1 aromatic carbocycles. The average molecular weight is 409 g/mol. The second-order valence-electron chi connectivity index (χ2n) is 7.27. The van der Waals surface area contributed by atoms with E-state index in [0.717, 1.165) is 59.3 Å². The largest absolute Gasteiger partial charge is 0.486 e. The van der Waals surface area contributed by atoms with Gasteiger partial charge in [-0.25, -0.2) is 0 Å². The Balaban J connectivity index is 0.00000210. The first kappa shape index (κ1) is 20.0. The second kappa shape index (κ2) is 8.50. The standard InChI is InChI=1S/C20H24N2O3S.ClH/c1-20(6-8-21-9-7-20)13-22-19(23)18-5-4-17(26-18)14-2-3-15-16(12-14)25-11-10-24-15;/h2-5,12,21H,6-11,13H2,1H3,(H,22,23);1H. The number of amides is 1. The minimum atomic E-state index is 0. The Morgan fingerprint density at radius 1 is 1.15 bits per heavy atom. The van der Waals surface area contributed by atoms with Gasteiger partial charge < -0.3 is 20.1 Å². The number of halogens is 1. The maximum Gasteiger partial charge on any atom is 0.261 e. The van der Waals surface area contributed by atoms with E-state index in [1.54, 1.807) is 0 Å². The Bertz CT molecular complexity index is 802. The zero-order valence-corrected chi connectivity index (χ0v) is 17.0. The van der Waals surface area contributed by atoms with Crippen LogP contribution in [0.2, 0.25) is 0 Å². The second-order valence-corrected chi connectivity index (χ2v) is 8.35. The lowest BCUT2D eigenvalue weighted by Gasteiger charge is -2.34. The Labute approximate surface area is 169 Å². The monoisotopic (exact) mass is 408 g/mol. The minimum absolute atomic E-state index is 0. The molecule has 0 saturated carbocycles. The zero-order chi connectivity index (χ0) is 18.0. The van der Waals surface area contributed by atoms with Crippen molar-refractivity contribution in [1.82, 2.24) is 10.6 Å². The fraction of sp³-hybridized carbons (Fsp3) is 0.450. The smallest absolute Gasteiger partial charge is 0.261 e. The van der Waals surface area contributed by atoms with Crippen molar-refractivity contribution in [1.29, 1.82) is 0 Å². The van der Waals surface area contributed by atoms with Crippen molar-refractivity contribution >= 4 is 29.7 Å². The van der Waals surface area contributed by atoms with Gasteiger partial charge in [-0.3, -0.25) is 4.79 Å². The highest BCUT2D eigenvalue weighted by atomic mass is 35.5. The van der Waals surface area contributed by atoms with E-state index >= 15 is 0 Å². The normalized spacial score (nSPS) is 17.7. The van der Waals surface area contributed by atoms with Gasteiger partial charge in [-0.1, -0.05) is 6.92 Å². The Morgan fingerprint density at radius 3 is 2.67 bits per heavy atom. The van der Waals surface area contributed by atoms with Crippen LogP contribution in [0.15, 0.2) is 30.3 Å².